The summed E-state index contributed by atoms with van der Waals surface area (Å²) in [7, 11) is 0. The fraction of sp³-hybridized carbons (Fsp3) is 0.750. The Hall–Kier alpha value is -1.09. The summed E-state index contributed by atoms with van der Waals surface area (Å²) in [5, 5.41) is 0. The van der Waals surface area contributed by atoms with Crippen LogP contribution in [0.5, 0.6) is 0 Å². The molecule has 2 aliphatic heterocycles. The molecule has 3 rings (SSSR count). The maximum Gasteiger partial charge on any atom is 0.311 e. The molecule has 3 heteroatoms. The second-order valence-electron chi connectivity index (χ2n) is 7.67. The Balaban J connectivity index is 1.73. The highest BCUT2D eigenvalue weighted by Gasteiger charge is 2.43. The number of rotatable bonds is 2. The summed E-state index contributed by atoms with van der Waals surface area (Å²) in [6.07, 6.45) is 12.8. The number of carbonyl (C=O) groups excluding carboxylic acids is 1. The Labute approximate surface area is 140 Å². The van der Waals surface area contributed by atoms with Gasteiger partial charge >= 0.3 is 5.97 Å². The van der Waals surface area contributed by atoms with Gasteiger partial charge < -0.3 is 9.64 Å². The van der Waals surface area contributed by atoms with E-state index in [1.807, 2.05) is 0 Å². The summed E-state index contributed by atoms with van der Waals surface area (Å²) in [5.74, 6) is 0.450. The number of piperidine rings is 1. The smallest absolute Gasteiger partial charge is 0.311 e. The highest BCUT2D eigenvalue weighted by atomic mass is 16.6. The summed E-state index contributed by atoms with van der Waals surface area (Å²) >= 11 is 0. The van der Waals surface area contributed by atoms with E-state index in [2.05, 4.69) is 30.9 Å². The van der Waals surface area contributed by atoms with Crippen molar-refractivity contribution in [3.05, 3.63) is 23.3 Å². The van der Waals surface area contributed by atoms with Crippen molar-refractivity contribution in [2.75, 3.05) is 19.6 Å². The largest absolute Gasteiger partial charge is 0.458 e. The molecule has 23 heavy (non-hydrogen) atoms. The highest BCUT2D eigenvalue weighted by Crippen LogP contribution is 2.36. The Morgan fingerprint density at radius 1 is 1.13 bits per heavy atom. The van der Waals surface area contributed by atoms with Crippen molar-refractivity contribution in [1.82, 2.24) is 4.90 Å². The van der Waals surface area contributed by atoms with Crippen LogP contribution < -0.4 is 0 Å². The molecule has 3 aliphatic rings. The third-order valence-corrected chi connectivity index (χ3v) is 5.75. The molecule has 2 fully saturated rings. The van der Waals surface area contributed by atoms with E-state index in [-0.39, 0.29) is 18.0 Å². The second kappa shape index (κ2) is 7.65. The van der Waals surface area contributed by atoms with Crippen molar-refractivity contribution >= 4 is 5.97 Å². The molecule has 1 aliphatic carbocycles. The van der Waals surface area contributed by atoms with Crippen molar-refractivity contribution in [2.45, 2.75) is 64.9 Å². The second-order valence-corrected chi connectivity index (χ2v) is 7.67. The van der Waals surface area contributed by atoms with Gasteiger partial charge in [-0.25, -0.2) is 0 Å². The van der Waals surface area contributed by atoms with Crippen LogP contribution >= 0.6 is 0 Å². The number of fused-ring (bicyclic) bond motifs is 1. The fourth-order valence-electron chi connectivity index (χ4n) is 4.25. The van der Waals surface area contributed by atoms with Crippen LogP contribution in [-0.4, -0.2) is 36.6 Å². The summed E-state index contributed by atoms with van der Waals surface area (Å²) in [5.41, 5.74) is 2.84. The molecule has 0 aromatic carbocycles. The predicted molar refractivity (Wildman–Crippen MR) is 93.1 cm³/mol. The van der Waals surface area contributed by atoms with Gasteiger partial charge in [0, 0.05) is 12.5 Å². The number of esters is 1. The lowest BCUT2D eigenvalue weighted by Crippen LogP contribution is -2.38. The van der Waals surface area contributed by atoms with Crippen LogP contribution in [-0.2, 0) is 9.53 Å². The normalized spacial score (nSPS) is 38.0. The molecule has 3 nitrogen and oxygen atoms in total. The van der Waals surface area contributed by atoms with Crippen LogP contribution in [0.15, 0.2) is 23.3 Å². The lowest BCUT2D eigenvalue weighted by Gasteiger charge is -2.30. The summed E-state index contributed by atoms with van der Waals surface area (Å²) < 4.78 is 5.79. The van der Waals surface area contributed by atoms with Gasteiger partial charge in [-0.3, -0.25) is 4.79 Å². The standard InChI is InChI=1S/C20H31NO2/c1-15-7-6-8-17-18(14-21-11-4-3-5-12-21)20(22)23-19(17)13-16(2)10-9-15/h7,13,17-19H,3-6,8-12,14H2,1-2H3/b15-7+,16-13+/t17-,18+,19-/m0/s1. The molecular weight excluding hydrogens is 286 g/mol. The number of allylic oxidation sites excluding steroid dienone is 3. The van der Waals surface area contributed by atoms with Gasteiger partial charge in [0.05, 0.1) is 5.92 Å². The Morgan fingerprint density at radius 3 is 2.65 bits per heavy atom. The molecule has 0 radical (unpaired) electrons. The number of nitrogens with zero attached hydrogens (tertiary/aromatic N) is 1. The molecule has 2 saturated heterocycles. The zero-order valence-electron chi connectivity index (χ0n) is 14.7. The maximum absolute atomic E-state index is 12.5. The van der Waals surface area contributed by atoms with Crippen LogP contribution in [0, 0.1) is 11.8 Å². The van der Waals surface area contributed by atoms with Crippen molar-refractivity contribution < 1.29 is 9.53 Å². The molecule has 0 spiro atoms. The first kappa shape index (κ1) is 16.8. The van der Waals surface area contributed by atoms with Gasteiger partial charge in [-0.05, 0) is 71.5 Å². The predicted octanol–water partition coefficient (Wildman–Crippen LogP) is 4.10. The minimum absolute atomic E-state index is 0.00379. The Bertz CT molecular complexity index is 488. The zero-order valence-corrected chi connectivity index (χ0v) is 14.7. The molecule has 0 aromatic heterocycles. The molecule has 0 saturated carbocycles. The van der Waals surface area contributed by atoms with E-state index in [9.17, 15) is 4.79 Å². The van der Waals surface area contributed by atoms with E-state index >= 15 is 0 Å². The quantitative estimate of drug-likeness (QED) is 0.567. The van der Waals surface area contributed by atoms with E-state index < -0.39 is 0 Å². The molecule has 2 heterocycles. The van der Waals surface area contributed by atoms with E-state index in [4.69, 9.17) is 4.74 Å². The van der Waals surface area contributed by atoms with Crippen molar-refractivity contribution in [1.29, 1.82) is 0 Å². The van der Waals surface area contributed by atoms with Gasteiger partial charge in [0.15, 0.2) is 0 Å². The third kappa shape index (κ3) is 4.26. The third-order valence-electron chi connectivity index (χ3n) is 5.75. The average Bonchev–Trinajstić information content (AvgIpc) is 2.82. The SMILES string of the molecule is C/C1=C\CC[C@@H]2[C@H](/C=C(\C)CC1)OC(=O)[C@@H]2CN1CCCCC1. The molecule has 0 N–H and O–H groups in total. The van der Waals surface area contributed by atoms with E-state index in [1.54, 1.807) is 0 Å². The van der Waals surface area contributed by atoms with Crippen LogP contribution in [0.25, 0.3) is 0 Å². The first-order valence-corrected chi connectivity index (χ1v) is 9.39. The average molecular weight is 317 g/mol. The number of carbonyl (C=O) groups is 1. The van der Waals surface area contributed by atoms with E-state index in [0.717, 1.165) is 45.3 Å². The summed E-state index contributed by atoms with van der Waals surface area (Å²) in [4.78, 5) is 15.0. The molecule has 3 atom stereocenters. The zero-order chi connectivity index (χ0) is 16.2. The molecule has 0 unspecified atom stereocenters. The van der Waals surface area contributed by atoms with E-state index in [1.165, 1.54) is 30.4 Å². The van der Waals surface area contributed by atoms with E-state index in [0.29, 0.717) is 5.92 Å². The minimum atomic E-state index is 0.00379. The van der Waals surface area contributed by atoms with Gasteiger partial charge in [-0.1, -0.05) is 23.6 Å². The topological polar surface area (TPSA) is 29.5 Å². The Kier molecular flexibility index (Phi) is 5.58. The van der Waals surface area contributed by atoms with Gasteiger partial charge in [0.1, 0.15) is 6.10 Å². The lowest BCUT2D eigenvalue weighted by molar-refractivity contribution is -0.143. The first-order chi connectivity index (χ1) is 11.1. The van der Waals surface area contributed by atoms with Gasteiger partial charge in [-0.15, -0.1) is 0 Å². The summed E-state index contributed by atoms with van der Waals surface area (Å²) in [6.45, 7) is 7.60. The van der Waals surface area contributed by atoms with Crippen LogP contribution in [0.4, 0.5) is 0 Å². The first-order valence-electron chi connectivity index (χ1n) is 9.39. The number of likely N-dealkylation sites (tertiary alicyclic amines) is 1. The van der Waals surface area contributed by atoms with Gasteiger partial charge in [0.2, 0.25) is 0 Å². The van der Waals surface area contributed by atoms with Crippen LogP contribution in [0.3, 0.4) is 0 Å². The lowest BCUT2D eigenvalue weighted by atomic mass is 9.84. The molecule has 0 bridgehead atoms. The summed E-state index contributed by atoms with van der Waals surface area (Å²) in [6, 6.07) is 0. The van der Waals surface area contributed by atoms with Crippen molar-refractivity contribution in [3.8, 4) is 0 Å². The fourth-order valence-corrected chi connectivity index (χ4v) is 4.25. The van der Waals surface area contributed by atoms with Crippen LogP contribution in [0.2, 0.25) is 0 Å². The molecular formula is C20H31NO2. The molecule has 0 amide bonds. The van der Waals surface area contributed by atoms with Crippen molar-refractivity contribution in [2.24, 2.45) is 11.8 Å². The van der Waals surface area contributed by atoms with Gasteiger partial charge in [-0.2, -0.15) is 0 Å². The highest BCUT2D eigenvalue weighted by molar-refractivity contribution is 5.76. The van der Waals surface area contributed by atoms with Gasteiger partial charge in [0.25, 0.3) is 0 Å². The van der Waals surface area contributed by atoms with Crippen molar-refractivity contribution in [3.63, 3.8) is 0 Å². The number of hydrogen-bond donors (Lipinski definition) is 0. The Morgan fingerprint density at radius 2 is 1.87 bits per heavy atom. The number of hydrogen-bond acceptors (Lipinski definition) is 3. The molecule has 128 valence electrons. The monoisotopic (exact) mass is 317 g/mol. The van der Waals surface area contributed by atoms with Crippen LogP contribution in [0.1, 0.15) is 58.8 Å². The number of ether oxygens (including phenoxy) is 1. The maximum atomic E-state index is 12.5. The molecule has 0 aromatic rings. The minimum Gasteiger partial charge on any atom is -0.458 e.